The van der Waals surface area contributed by atoms with Crippen LogP contribution in [-0.4, -0.2) is 11.5 Å². The molecule has 1 N–H and O–H groups in total. The summed E-state index contributed by atoms with van der Waals surface area (Å²) in [5, 5.41) is 4.04. The van der Waals surface area contributed by atoms with Gasteiger partial charge in [-0.15, -0.1) is 0 Å². The highest BCUT2D eigenvalue weighted by Crippen LogP contribution is 2.24. The Bertz CT molecular complexity index is 344. The third-order valence-corrected chi connectivity index (χ3v) is 3.72. The Kier molecular flexibility index (Phi) is 6.90. The molecule has 0 spiro atoms. The molecule has 0 fully saturated rings. The van der Waals surface area contributed by atoms with E-state index in [0.29, 0.717) is 5.02 Å². The quantitative estimate of drug-likeness (QED) is 0.754. The molecule has 0 amide bonds. The van der Waals surface area contributed by atoms with Crippen LogP contribution in [0.2, 0.25) is 5.02 Å². The predicted molar refractivity (Wildman–Crippen MR) is 78.7 cm³/mol. The zero-order valence-electron chi connectivity index (χ0n) is 10.5. The minimum absolute atomic E-state index is 0.653. The number of unbranched alkanes of at least 4 members (excludes halogenated alkanes) is 1. The normalized spacial score (nSPS) is 12.5. The maximum atomic E-state index is 5.86. The molecule has 1 aromatic rings. The van der Waals surface area contributed by atoms with E-state index in [1.165, 1.54) is 25.7 Å². The second kappa shape index (κ2) is 7.93. The monoisotopic (exact) mass is 318 g/mol. The molecule has 0 bridgehead atoms. The van der Waals surface area contributed by atoms with Crippen molar-refractivity contribution < 1.29 is 0 Å². The Morgan fingerprint density at radius 1 is 1.47 bits per heavy atom. The highest BCUT2D eigenvalue weighted by Gasteiger charge is 2.07. The SMILES string of the molecule is CCCCC(CC)CNc1ncc(Cl)cc1Br. The molecule has 0 aliphatic heterocycles. The van der Waals surface area contributed by atoms with Gasteiger partial charge in [0.25, 0.3) is 0 Å². The van der Waals surface area contributed by atoms with Gasteiger partial charge < -0.3 is 5.32 Å². The summed E-state index contributed by atoms with van der Waals surface area (Å²) in [6.45, 7) is 5.45. The molecule has 0 aliphatic carbocycles. The van der Waals surface area contributed by atoms with Crippen LogP contribution in [0.15, 0.2) is 16.7 Å². The van der Waals surface area contributed by atoms with Crippen molar-refractivity contribution in [2.45, 2.75) is 39.5 Å². The van der Waals surface area contributed by atoms with E-state index in [-0.39, 0.29) is 0 Å². The van der Waals surface area contributed by atoms with Crippen LogP contribution in [0.4, 0.5) is 5.82 Å². The van der Waals surface area contributed by atoms with E-state index in [4.69, 9.17) is 11.6 Å². The van der Waals surface area contributed by atoms with E-state index in [0.717, 1.165) is 22.8 Å². The van der Waals surface area contributed by atoms with Crippen molar-refractivity contribution in [1.82, 2.24) is 4.98 Å². The van der Waals surface area contributed by atoms with Gasteiger partial charge in [0.05, 0.1) is 9.50 Å². The van der Waals surface area contributed by atoms with E-state index in [1.807, 2.05) is 6.07 Å². The van der Waals surface area contributed by atoms with Crippen molar-refractivity contribution in [1.29, 1.82) is 0 Å². The highest BCUT2D eigenvalue weighted by atomic mass is 79.9. The first-order chi connectivity index (χ1) is 8.17. The molecular weight excluding hydrogens is 300 g/mol. The van der Waals surface area contributed by atoms with Crippen molar-refractivity contribution >= 4 is 33.3 Å². The van der Waals surface area contributed by atoms with Gasteiger partial charge in [0.15, 0.2) is 0 Å². The standard InChI is InChI=1S/C13H20BrClN2/c1-3-5-6-10(4-2)8-16-13-12(14)7-11(15)9-17-13/h7,9-10H,3-6,8H2,1-2H3,(H,16,17). The summed E-state index contributed by atoms with van der Waals surface area (Å²) in [6.07, 6.45) is 6.72. The molecule has 96 valence electrons. The molecule has 0 saturated heterocycles. The molecule has 1 unspecified atom stereocenters. The Morgan fingerprint density at radius 2 is 2.24 bits per heavy atom. The van der Waals surface area contributed by atoms with Gasteiger partial charge in [-0.2, -0.15) is 0 Å². The van der Waals surface area contributed by atoms with Gasteiger partial charge in [-0.05, 0) is 34.3 Å². The van der Waals surface area contributed by atoms with Crippen LogP contribution in [0, 0.1) is 5.92 Å². The zero-order valence-corrected chi connectivity index (χ0v) is 12.8. The van der Waals surface area contributed by atoms with Gasteiger partial charge in [0.1, 0.15) is 5.82 Å². The number of rotatable bonds is 7. The number of nitrogens with one attached hydrogen (secondary N) is 1. The number of nitrogens with zero attached hydrogens (tertiary/aromatic N) is 1. The lowest BCUT2D eigenvalue weighted by Crippen LogP contribution is -2.14. The second-order valence-electron chi connectivity index (χ2n) is 4.28. The lowest BCUT2D eigenvalue weighted by atomic mass is 9.99. The number of anilines is 1. The third-order valence-electron chi connectivity index (χ3n) is 2.91. The molecule has 17 heavy (non-hydrogen) atoms. The van der Waals surface area contributed by atoms with Crippen molar-refractivity contribution in [3.8, 4) is 0 Å². The minimum Gasteiger partial charge on any atom is -0.369 e. The van der Waals surface area contributed by atoms with Crippen LogP contribution in [0.25, 0.3) is 0 Å². The summed E-state index contributed by atoms with van der Waals surface area (Å²) in [6, 6.07) is 1.86. The van der Waals surface area contributed by atoms with Gasteiger partial charge in [-0.25, -0.2) is 4.98 Å². The van der Waals surface area contributed by atoms with Crippen LogP contribution in [0.5, 0.6) is 0 Å². The average molecular weight is 320 g/mol. The van der Waals surface area contributed by atoms with E-state index in [1.54, 1.807) is 6.20 Å². The predicted octanol–water partition coefficient (Wildman–Crippen LogP) is 5.13. The van der Waals surface area contributed by atoms with E-state index in [9.17, 15) is 0 Å². The summed E-state index contributed by atoms with van der Waals surface area (Å²) in [5.74, 6) is 1.60. The summed E-state index contributed by atoms with van der Waals surface area (Å²) in [7, 11) is 0. The molecule has 1 heterocycles. The molecule has 1 rings (SSSR count). The highest BCUT2D eigenvalue weighted by molar-refractivity contribution is 9.10. The Labute approximate surface area is 117 Å². The Hall–Kier alpha value is -0.280. The number of hydrogen-bond acceptors (Lipinski definition) is 2. The molecular formula is C13H20BrClN2. The van der Waals surface area contributed by atoms with Gasteiger partial charge in [0, 0.05) is 12.7 Å². The molecule has 4 heteroatoms. The molecule has 1 aromatic heterocycles. The van der Waals surface area contributed by atoms with Crippen molar-refractivity contribution in [2.75, 3.05) is 11.9 Å². The number of pyridine rings is 1. The summed E-state index contributed by atoms with van der Waals surface area (Å²) in [5.41, 5.74) is 0. The smallest absolute Gasteiger partial charge is 0.140 e. The average Bonchev–Trinajstić information content (AvgIpc) is 2.31. The van der Waals surface area contributed by atoms with Gasteiger partial charge in [-0.1, -0.05) is 44.7 Å². The maximum absolute atomic E-state index is 5.86. The van der Waals surface area contributed by atoms with Crippen molar-refractivity contribution in [3.63, 3.8) is 0 Å². The van der Waals surface area contributed by atoms with Gasteiger partial charge in [0.2, 0.25) is 0 Å². The van der Waals surface area contributed by atoms with Crippen LogP contribution in [0.1, 0.15) is 39.5 Å². The fraction of sp³-hybridized carbons (Fsp3) is 0.615. The molecule has 0 aliphatic rings. The van der Waals surface area contributed by atoms with E-state index >= 15 is 0 Å². The van der Waals surface area contributed by atoms with Crippen molar-refractivity contribution in [3.05, 3.63) is 21.8 Å². The van der Waals surface area contributed by atoms with Crippen LogP contribution in [-0.2, 0) is 0 Å². The Morgan fingerprint density at radius 3 is 2.82 bits per heavy atom. The van der Waals surface area contributed by atoms with Crippen LogP contribution >= 0.6 is 27.5 Å². The first-order valence-electron chi connectivity index (χ1n) is 6.22. The molecule has 0 radical (unpaired) electrons. The second-order valence-corrected chi connectivity index (χ2v) is 5.57. The topological polar surface area (TPSA) is 24.9 Å². The lowest BCUT2D eigenvalue weighted by Gasteiger charge is -2.16. The number of aromatic nitrogens is 1. The first-order valence-corrected chi connectivity index (χ1v) is 7.39. The largest absolute Gasteiger partial charge is 0.369 e. The van der Waals surface area contributed by atoms with E-state index in [2.05, 4.69) is 40.1 Å². The van der Waals surface area contributed by atoms with Gasteiger partial charge >= 0.3 is 0 Å². The van der Waals surface area contributed by atoms with Crippen LogP contribution in [0.3, 0.4) is 0 Å². The lowest BCUT2D eigenvalue weighted by molar-refractivity contribution is 0.472. The van der Waals surface area contributed by atoms with E-state index < -0.39 is 0 Å². The molecule has 0 saturated carbocycles. The fourth-order valence-electron chi connectivity index (χ4n) is 1.73. The molecule has 1 atom stereocenters. The van der Waals surface area contributed by atoms with Gasteiger partial charge in [-0.3, -0.25) is 0 Å². The summed E-state index contributed by atoms with van der Waals surface area (Å²) < 4.78 is 0.926. The zero-order chi connectivity index (χ0) is 12.7. The number of halogens is 2. The summed E-state index contributed by atoms with van der Waals surface area (Å²) >= 11 is 9.32. The van der Waals surface area contributed by atoms with Crippen molar-refractivity contribution in [2.24, 2.45) is 5.92 Å². The van der Waals surface area contributed by atoms with Crippen LogP contribution < -0.4 is 5.32 Å². The minimum atomic E-state index is 0.653. The maximum Gasteiger partial charge on any atom is 0.140 e. The summed E-state index contributed by atoms with van der Waals surface area (Å²) in [4.78, 5) is 4.27. The Balaban J connectivity index is 2.47. The first kappa shape index (κ1) is 14.8. The third kappa shape index (κ3) is 5.26. The molecule has 0 aromatic carbocycles. The fourth-order valence-corrected chi connectivity index (χ4v) is 2.51. The molecule has 2 nitrogen and oxygen atoms in total. The number of hydrogen-bond donors (Lipinski definition) is 1.